The van der Waals surface area contributed by atoms with Crippen LogP contribution in [0.2, 0.25) is 0 Å². The van der Waals surface area contributed by atoms with Crippen LogP contribution in [0.4, 0.5) is 56.9 Å². The van der Waals surface area contributed by atoms with Crippen molar-refractivity contribution in [1.29, 1.82) is 0 Å². The van der Waals surface area contributed by atoms with Crippen LogP contribution < -0.4 is 82.0 Å². The zero-order valence-electron chi connectivity index (χ0n) is 24.1. The van der Waals surface area contributed by atoms with Crippen LogP contribution in [0.1, 0.15) is 0 Å². The maximum absolute atomic E-state index is 12.0. The third-order valence-electron chi connectivity index (χ3n) is 6.00. The first kappa shape index (κ1) is 35.5. The Morgan fingerprint density at radius 1 is 0.644 bits per heavy atom. The molecule has 14 nitrogen and oxygen atoms in total. The standard InChI is InChI=1S/C28H23N10O4S.2Na/c29-16-3-8-23(21(31)11-16)35-33-18-5-1-15-2-7-26(28(39)20(15)13-18)38-34-19-6-10-25(27(14-19)43(40,41)42)37-36-24-9-4-17(30)12-22(24)32;;/h1-6,8-14,39H,29-32H2,(H,40,41,42);;/q-1;2*+1/p-1. The summed E-state index contributed by atoms with van der Waals surface area (Å²) in [6, 6.07) is 22.4. The van der Waals surface area contributed by atoms with Gasteiger partial charge in [0.1, 0.15) is 27.2 Å². The Morgan fingerprint density at radius 3 is 1.76 bits per heavy atom. The average Bonchev–Trinajstić information content (AvgIpc) is 2.96. The molecule has 5 aromatic carbocycles. The normalized spacial score (nSPS) is 11.7. The van der Waals surface area contributed by atoms with Gasteiger partial charge in [-0.25, -0.2) is 8.42 Å². The monoisotopic (exact) mass is 640 g/mol. The van der Waals surface area contributed by atoms with Crippen molar-refractivity contribution in [3.63, 3.8) is 0 Å². The van der Waals surface area contributed by atoms with E-state index in [0.717, 1.165) is 6.07 Å². The molecule has 0 aromatic heterocycles. The number of fused-ring (bicyclic) bond motifs is 1. The van der Waals surface area contributed by atoms with Crippen LogP contribution in [0.3, 0.4) is 0 Å². The number of nitrogens with zero attached hydrogens (tertiary/aromatic N) is 6. The Bertz CT molecular complexity index is 2090. The fraction of sp³-hybridized carbons (Fsp3) is 0. The maximum Gasteiger partial charge on any atom is 1.00 e. The molecule has 0 saturated carbocycles. The minimum absolute atomic E-state index is 0. The second-order valence-electron chi connectivity index (χ2n) is 9.10. The quantitative estimate of drug-likeness (QED) is 0.0558. The van der Waals surface area contributed by atoms with Gasteiger partial charge in [-0.15, -0.1) is 26.8 Å². The van der Waals surface area contributed by atoms with E-state index in [0.29, 0.717) is 39.2 Å². The molecule has 216 valence electrons. The first-order valence-corrected chi connectivity index (χ1v) is 13.7. The van der Waals surface area contributed by atoms with Crippen LogP contribution in [-0.4, -0.2) is 18.1 Å². The molecule has 0 amide bonds. The van der Waals surface area contributed by atoms with Crippen molar-refractivity contribution in [2.24, 2.45) is 30.7 Å². The van der Waals surface area contributed by atoms with Gasteiger partial charge in [0.25, 0.3) is 0 Å². The molecule has 45 heavy (non-hydrogen) atoms. The summed E-state index contributed by atoms with van der Waals surface area (Å²) in [6.07, 6.45) is 0. The van der Waals surface area contributed by atoms with Crippen molar-refractivity contribution in [3.05, 3.63) is 84.9 Å². The van der Waals surface area contributed by atoms with Crippen molar-refractivity contribution in [2.45, 2.75) is 4.90 Å². The number of azo groups is 3. The molecule has 5 rings (SSSR count). The van der Waals surface area contributed by atoms with Crippen molar-refractivity contribution < 1.29 is 77.2 Å². The van der Waals surface area contributed by atoms with Crippen LogP contribution in [-0.2, 0) is 10.1 Å². The van der Waals surface area contributed by atoms with Gasteiger partial charge in [0.15, 0.2) is 0 Å². The van der Waals surface area contributed by atoms with E-state index in [1.807, 2.05) is 0 Å². The van der Waals surface area contributed by atoms with Crippen molar-refractivity contribution >= 4 is 77.8 Å². The first-order valence-electron chi connectivity index (χ1n) is 12.3. The summed E-state index contributed by atoms with van der Waals surface area (Å²) in [5.74, 6) is -0.256. The number of hydrogen-bond donors (Lipinski definition) is 5. The Hall–Kier alpha value is -3.93. The Kier molecular flexibility index (Phi) is 11.8. The third-order valence-corrected chi connectivity index (χ3v) is 6.87. The summed E-state index contributed by atoms with van der Waals surface area (Å²) in [5.41, 5.74) is 25.4. The van der Waals surface area contributed by atoms with Gasteiger partial charge in [0, 0.05) is 22.8 Å². The van der Waals surface area contributed by atoms with E-state index >= 15 is 0 Å². The number of phenolic OH excluding ortho intramolecular Hbond substituents is 1. The fourth-order valence-electron chi connectivity index (χ4n) is 3.86. The summed E-state index contributed by atoms with van der Waals surface area (Å²) < 4.78 is 35.9. The summed E-state index contributed by atoms with van der Waals surface area (Å²) in [7, 11) is -4.98. The minimum atomic E-state index is -4.98. The van der Waals surface area contributed by atoms with Crippen molar-refractivity contribution in [2.75, 3.05) is 22.9 Å². The summed E-state index contributed by atoms with van der Waals surface area (Å²) in [5, 5.41) is 36.0. The zero-order chi connectivity index (χ0) is 30.7. The van der Waals surface area contributed by atoms with E-state index in [9.17, 15) is 18.1 Å². The van der Waals surface area contributed by atoms with Gasteiger partial charge < -0.3 is 32.6 Å². The van der Waals surface area contributed by atoms with E-state index in [2.05, 4.69) is 36.8 Å². The number of rotatable bonds is 7. The molecule has 9 N–H and O–H groups in total. The molecule has 0 saturated heterocycles. The molecule has 0 aliphatic rings. The van der Waals surface area contributed by atoms with Gasteiger partial charge in [0.05, 0.1) is 27.6 Å². The Morgan fingerprint density at radius 2 is 1.16 bits per heavy atom. The van der Waals surface area contributed by atoms with Gasteiger partial charge in [-0.3, -0.25) is 0 Å². The van der Waals surface area contributed by atoms with Crippen molar-refractivity contribution in [1.82, 2.24) is 0 Å². The average molecular weight is 641 g/mol. The molecule has 0 heterocycles. The summed E-state index contributed by atoms with van der Waals surface area (Å²) in [6.45, 7) is 0. The predicted molar refractivity (Wildman–Crippen MR) is 162 cm³/mol. The number of nitrogen functional groups attached to an aromatic ring is 4. The van der Waals surface area contributed by atoms with Crippen LogP contribution in [0, 0.1) is 6.07 Å². The second kappa shape index (κ2) is 14.9. The second-order valence-corrected chi connectivity index (χ2v) is 10.4. The molecule has 0 radical (unpaired) electrons. The number of phenols is 1. The number of anilines is 4. The molecular formula is C28H22N10Na2O4S. The van der Waals surface area contributed by atoms with E-state index in [-0.39, 0.29) is 93.3 Å². The van der Waals surface area contributed by atoms with Crippen LogP contribution in [0.25, 0.3) is 10.8 Å². The number of benzene rings is 5. The summed E-state index contributed by atoms with van der Waals surface area (Å²) in [4.78, 5) is -0.676. The molecule has 0 fully saturated rings. The van der Waals surface area contributed by atoms with Crippen LogP contribution in [0.15, 0.2) is 114 Å². The van der Waals surface area contributed by atoms with Crippen LogP contribution >= 0.6 is 0 Å². The zero-order valence-corrected chi connectivity index (χ0v) is 28.9. The largest absolute Gasteiger partial charge is 1.00 e. The SMILES string of the molecule is Nc1ccc(N=Nc2ccc3c[c-]c(N=Nc4ccc(N=Nc5ccc(N)cc5N)c(S(=O)(=O)[O-])c4)c(O)c3c2)c(N)c1.[Na+].[Na+]. The van der Waals surface area contributed by atoms with Crippen molar-refractivity contribution in [3.8, 4) is 5.75 Å². The van der Waals surface area contributed by atoms with Gasteiger partial charge in [-0.1, -0.05) is 5.39 Å². The molecule has 0 unspecified atom stereocenters. The molecule has 5 aromatic rings. The van der Waals surface area contributed by atoms with Gasteiger partial charge in [-0.05, 0) is 66.7 Å². The Balaban J connectivity index is 0.00000276. The van der Waals surface area contributed by atoms with Gasteiger partial charge in [0.2, 0.25) is 0 Å². The maximum atomic E-state index is 12.0. The topological polar surface area (TPSA) is 256 Å². The number of nitrogens with two attached hydrogens (primary N) is 4. The number of aromatic hydroxyl groups is 1. The van der Waals surface area contributed by atoms with E-state index < -0.39 is 15.0 Å². The molecule has 0 aliphatic heterocycles. The molecule has 17 heteroatoms. The number of hydrogen-bond acceptors (Lipinski definition) is 14. The summed E-state index contributed by atoms with van der Waals surface area (Å²) >= 11 is 0. The van der Waals surface area contributed by atoms with Gasteiger partial charge in [-0.2, -0.15) is 27.5 Å². The molecular weight excluding hydrogens is 618 g/mol. The van der Waals surface area contributed by atoms with E-state index in [1.165, 1.54) is 24.3 Å². The minimum Gasteiger partial charge on any atom is -0.744 e. The molecule has 0 bridgehead atoms. The molecule has 0 spiro atoms. The smallest absolute Gasteiger partial charge is 0.744 e. The third kappa shape index (κ3) is 8.62. The fourth-order valence-corrected chi connectivity index (χ4v) is 4.49. The first-order chi connectivity index (χ1) is 20.5. The van der Waals surface area contributed by atoms with Crippen LogP contribution in [0.5, 0.6) is 5.75 Å². The molecule has 0 atom stereocenters. The predicted octanol–water partition coefficient (Wildman–Crippen LogP) is 0.833. The van der Waals surface area contributed by atoms with E-state index in [4.69, 9.17) is 22.9 Å². The molecule has 0 aliphatic carbocycles. The van der Waals surface area contributed by atoms with Gasteiger partial charge >= 0.3 is 59.1 Å². The van der Waals surface area contributed by atoms with E-state index in [1.54, 1.807) is 48.5 Å². The Labute approximate surface area is 301 Å².